The summed E-state index contributed by atoms with van der Waals surface area (Å²) in [6.07, 6.45) is -9.70. The fourth-order valence-corrected chi connectivity index (χ4v) is 9.09. The Balaban J connectivity index is 0.000000264. The number of rotatable bonds is 20. The molecule has 26 heteroatoms. The van der Waals surface area contributed by atoms with Crippen molar-refractivity contribution in [1.29, 1.82) is 0 Å². The van der Waals surface area contributed by atoms with Crippen LogP contribution in [0.1, 0.15) is 54.4 Å². The van der Waals surface area contributed by atoms with Crippen LogP contribution in [-0.2, 0) is 50.0 Å². The number of amides is 2. The second kappa shape index (κ2) is 30.0. The van der Waals surface area contributed by atoms with Crippen LogP contribution in [0.3, 0.4) is 0 Å². The third kappa shape index (κ3) is 16.1. The number of nitrogens with zero attached hydrogens (tertiary/aromatic N) is 14. The molecule has 2 heterocycles. The molecule has 3 fully saturated rings. The van der Waals surface area contributed by atoms with Gasteiger partial charge >= 0.3 is 12.2 Å². The van der Waals surface area contributed by atoms with E-state index in [1.807, 2.05) is 72.8 Å². The lowest BCUT2D eigenvalue weighted by molar-refractivity contribution is -0.260. The van der Waals surface area contributed by atoms with E-state index in [-0.39, 0.29) is 45.6 Å². The lowest BCUT2D eigenvalue weighted by Crippen LogP contribution is -2.59. The highest BCUT2D eigenvalue weighted by atomic mass is 19.1. The SMILES string of the molecule is [N-]=[N+]=N[C@@H]1CC[C@@H]([C@@H](CF)N(Cc2ccccc2)C(=O)OCc2ccccc2)OC1O.[N-]=[N+]=N[C@H]1C[C@@H](N=[N+]=[N-])[C@H](O)[C@@H](O)[C@@H]1O[C@H]1O[C@H]([C@@H](CF)N(Cc2ccccc2)C(=O)OCc2ccccc2)CC[C@H]1N=[N+]=[N-]. The van der Waals surface area contributed by atoms with Gasteiger partial charge < -0.3 is 39.0 Å². The van der Waals surface area contributed by atoms with Gasteiger partial charge in [0, 0.05) is 32.7 Å². The smallest absolute Gasteiger partial charge is 0.410 e. The number of hydrogen-bond acceptors (Lipinski definition) is 14. The molecule has 402 valence electrons. The van der Waals surface area contributed by atoms with E-state index in [1.165, 1.54) is 9.80 Å². The monoisotopic (exact) mass is 1050 g/mol. The van der Waals surface area contributed by atoms with Crippen molar-refractivity contribution < 1.29 is 57.4 Å². The van der Waals surface area contributed by atoms with Crippen LogP contribution in [0.4, 0.5) is 18.4 Å². The summed E-state index contributed by atoms with van der Waals surface area (Å²) < 4.78 is 57.8. The molecule has 1 saturated carbocycles. The van der Waals surface area contributed by atoms with E-state index < -0.39 is 105 Å². The topological polar surface area (TPSA) is 343 Å². The van der Waals surface area contributed by atoms with Gasteiger partial charge in [-0.3, -0.25) is 9.80 Å². The van der Waals surface area contributed by atoms with Crippen molar-refractivity contribution in [1.82, 2.24) is 9.80 Å². The third-order valence-electron chi connectivity index (χ3n) is 13.0. The van der Waals surface area contributed by atoms with E-state index >= 15 is 0 Å². The Morgan fingerprint density at radius 2 is 0.947 bits per heavy atom. The average Bonchev–Trinajstić information content (AvgIpc) is 3.46. The Bertz CT molecular complexity index is 2640. The van der Waals surface area contributed by atoms with E-state index in [4.69, 9.17) is 40.3 Å². The van der Waals surface area contributed by atoms with Gasteiger partial charge in [-0.2, -0.15) is 0 Å². The zero-order chi connectivity index (χ0) is 54.2. The van der Waals surface area contributed by atoms with Crippen LogP contribution in [0.15, 0.2) is 142 Å². The van der Waals surface area contributed by atoms with Gasteiger partial charge in [0.05, 0.1) is 60.7 Å². The predicted octanol–water partition coefficient (Wildman–Crippen LogP) is 9.56. The van der Waals surface area contributed by atoms with Crippen LogP contribution in [0.2, 0.25) is 0 Å². The number of aliphatic hydroxyl groups is 3. The zero-order valence-electron chi connectivity index (χ0n) is 41.0. The normalized spacial score (nSPS) is 25.6. The predicted molar refractivity (Wildman–Crippen MR) is 268 cm³/mol. The van der Waals surface area contributed by atoms with E-state index in [0.717, 1.165) is 16.7 Å². The quantitative estimate of drug-likeness (QED) is 0.0427. The minimum atomic E-state index is -1.68. The number of ether oxygens (including phenoxy) is 5. The highest BCUT2D eigenvalue weighted by Gasteiger charge is 2.48. The molecule has 0 spiro atoms. The van der Waals surface area contributed by atoms with Crippen molar-refractivity contribution in [2.24, 2.45) is 20.5 Å². The Kier molecular flexibility index (Phi) is 22.7. The Hall–Kier alpha value is -7.72. The molecule has 0 bridgehead atoms. The second-order valence-electron chi connectivity index (χ2n) is 17.9. The average molecular weight is 1050 g/mol. The minimum Gasteiger partial charge on any atom is -0.445 e. The summed E-state index contributed by atoms with van der Waals surface area (Å²) in [7, 11) is 0. The molecule has 76 heavy (non-hydrogen) atoms. The van der Waals surface area contributed by atoms with Crippen molar-refractivity contribution >= 4 is 12.2 Å². The fraction of sp³-hybridized carbons (Fsp3) is 0.480. The molecule has 24 nitrogen and oxygen atoms in total. The van der Waals surface area contributed by atoms with Gasteiger partial charge in [0.25, 0.3) is 0 Å². The maximum Gasteiger partial charge on any atom is 0.410 e. The van der Waals surface area contributed by atoms with Crippen molar-refractivity contribution in [2.45, 2.75) is 138 Å². The first-order valence-electron chi connectivity index (χ1n) is 24.3. The number of hydrogen-bond donors (Lipinski definition) is 3. The highest BCUT2D eigenvalue weighted by molar-refractivity contribution is 5.69. The molecule has 1 unspecified atom stereocenters. The Morgan fingerprint density at radius 3 is 1.38 bits per heavy atom. The number of benzene rings is 4. The molecule has 3 aliphatic rings. The van der Waals surface area contributed by atoms with E-state index in [0.29, 0.717) is 18.4 Å². The number of carbonyl (C=O) groups excluding carboxylic acids is 2. The van der Waals surface area contributed by atoms with E-state index in [1.54, 1.807) is 48.5 Å². The third-order valence-corrected chi connectivity index (χ3v) is 13.0. The Morgan fingerprint density at radius 1 is 0.553 bits per heavy atom. The molecule has 4 aromatic carbocycles. The molecule has 13 atom stereocenters. The number of halogens is 2. The summed E-state index contributed by atoms with van der Waals surface area (Å²) in [5.74, 6) is 0. The highest BCUT2D eigenvalue weighted by Crippen LogP contribution is 2.35. The molecule has 3 N–H and O–H groups in total. The first kappa shape index (κ1) is 57.6. The van der Waals surface area contributed by atoms with E-state index in [2.05, 4.69) is 40.1 Å². The van der Waals surface area contributed by atoms with Gasteiger partial charge in [-0.05, 0) is 76.5 Å². The standard InChI is InChI=1S/C28H33FN10O6.C22H25FN4O4/c29-14-22(39(15-17-7-3-1-4-8-17)28(42)43-16-18-9-5-2-6-10-18)23-12-11-19(33-36-30)27(44-23)45-26-21(35-38-32)13-20(34-37-31)24(40)25(26)41;23-13-19(20-12-11-18(25-26-24)21(28)31-20)27(14-16-7-3-1-4-8-16)22(29)30-15-17-9-5-2-6-10-17/h1-10,19-27,40-41H,11-16H2;1-10,18-21,28H,11-15H2/t19-,20-,21+,22-,23+,24+,25-,26-,27-;18-,19-,20+,21?/m11/s1. The van der Waals surface area contributed by atoms with Crippen molar-refractivity contribution in [2.75, 3.05) is 13.3 Å². The number of carbonyl (C=O) groups is 2. The van der Waals surface area contributed by atoms with Crippen LogP contribution in [0.25, 0.3) is 41.8 Å². The largest absolute Gasteiger partial charge is 0.445 e. The van der Waals surface area contributed by atoms with Crippen LogP contribution < -0.4 is 0 Å². The van der Waals surface area contributed by atoms with Gasteiger partial charge in [-0.15, -0.1) is 0 Å². The summed E-state index contributed by atoms with van der Waals surface area (Å²) >= 11 is 0. The van der Waals surface area contributed by atoms with Crippen LogP contribution in [0, 0.1) is 0 Å². The summed E-state index contributed by atoms with van der Waals surface area (Å²) in [5.41, 5.74) is 38.8. The van der Waals surface area contributed by atoms with Crippen molar-refractivity contribution in [3.63, 3.8) is 0 Å². The fourth-order valence-electron chi connectivity index (χ4n) is 9.09. The van der Waals surface area contributed by atoms with Gasteiger partial charge in [0.2, 0.25) is 0 Å². The molecule has 2 aliphatic heterocycles. The molecule has 1 aliphatic carbocycles. The van der Waals surface area contributed by atoms with Gasteiger partial charge in [0.15, 0.2) is 12.6 Å². The van der Waals surface area contributed by atoms with Crippen molar-refractivity contribution in [3.05, 3.63) is 185 Å². The molecule has 0 radical (unpaired) electrons. The minimum absolute atomic E-state index is 0.00149. The molecule has 4 aromatic rings. The Labute approximate surface area is 435 Å². The number of aliphatic hydroxyl groups excluding tert-OH is 3. The lowest BCUT2D eigenvalue weighted by atomic mass is 9.84. The van der Waals surface area contributed by atoms with Crippen LogP contribution >= 0.6 is 0 Å². The second-order valence-corrected chi connectivity index (χ2v) is 17.9. The molecule has 0 aromatic heterocycles. The molecule has 7 rings (SSSR count). The summed E-state index contributed by atoms with van der Waals surface area (Å²) in [4.78, 5) is 39.9. The van der Waals surface area contributed by atoms with Crippen molar-refractivity contribution in [3.8, 4) is 0 Å². The summed E-state index contributed by atoms with van der Waals surface area (Å²) in [5, 5.41) is 45.9. The van der Waals surface area contributed by atoms with Crippen LogP contribution in [-0.4, -0.2) is 130 Å². The molecular formula is C50H58F2N14O10. The maximum absolute atomic E-state index is 14.9. The number of alkyl halides is 2. The maximum atomic E-state index is 14.9. The summed E-state index contributed by atoms with van der Waals surface area (Å²) in [6.45, 7) is -1.76. The molecular weight excluding hydrogens is 995 g/mol. The van der Waals surface area contributed by atoms with Gasteiger partial charge in [-0.25, -0.2) is 18.4 Å². The molecule has 2 saturated heterocycles. The molecule has 2 amide bonds. The van der Waals surface area contributed by atoms with E-state index in [9.17, 15) is 39.2 Å². The zero-order valence-corrected chi connectivity index (χ0v) is 41.0. The number of azide groups is 4. The van der Waals surface area contributed by atoms with Gasteiger partial charge in [0.1, 0.15) is 32.7 Å². The van der Waals surface area contributed by atoms with Crippen LogP contribution in [0.5, 0.6) is 0 Å². The van der Waals surface area contributed by atoms with Gasteiger partial charge in [-0.1, -0.05) is 142 Å². The lowest BCUT2D eigenvalue weighted by Gasteiger charge is -2.45. The summed E-state index contributed by atoms with van der Waals surface area (Å²) in [6, 6.07) is 30.4. The first-order chi connectivity index (χ1) is 37.0. The first-order valence-corrected chi connectivity index (χ1v) is 24.3.